The lowest BCUT2D eigenvalue weighted by atomic mass is 10.0. The van der Waals surface area contributed by atoms with Crippen molar-refractivity contribution in [2.24, 2.45) is 11.8 Å². The summed E-state index contributed by atoms with van der Waals surface area (Å²) >= 11 is 0. The van der Waals surface area contributed by atoms with Crippen LogP contribution in [0.3, 0.4) is 0 Å². The molecule has 1 N–H and O–H groups in total. The molecule has 0 unspecified atom stereocenters. The van der Waals surface area contributed by atoms with Crippen molar-refractivity contribution in [3.8, 4) is 0 Å². The van der Waals surface area contributed by atoms with Gasteiger partial charge in [0, 0.05) is 18.8 Å². The summed E-state index contributed by atoms with van der Waals surface area (Å²) in [6, 6.07) is 6.38. The van der Waals surface area contributed by atoms with Crippen LogP contribution in [-0.2, 0) is 11.3 Å². The Morgan fingerprint density at radius 1 is 1.24 bits per heavy atom. The minimum atomic E-state index is -0.120. The van der Waals surface area contributed by atoms with Crippen LogP contribution in [0.15, 0.2) is 24.3 Å². The third-order valence-electron chi connectivity index (χ3n) is 4.66. The number of carbonyl (C=O) groups is 1. The van der Waals surface area contributed by atoms with Crippen molar-refractivity contribution in [1.82, 2.24) is 4.90 Å². The molecule has 1 atom stereocenters. The average molecular weight is 343 g/mol. The molecule has 0 aliphatic carbocycles. The van der Waals surface area contributed by atoms with Gasteiger partial charge < -0.3 is 10.2 Å². The van der Waals surface area contributed by atoms with Gasteiger partial charge in [-0.1, -0.05) is 52.8 Å². The Morgan fingerprint density at radius 3 is 2.64 bits per heavy atom. The van der Waals surface area contributed by atoms with Crippen molar-refractivity contribution in [2.45, 2.75) is 66.5 Å². The van der Waals surface area contributed by atoms with E-state index < -0.39 is 0 Å². The smallest absolute Gasteiger partial charge is 0.245 e. The number of amides is 1. The van der Waals surface area contributed by atoms with Gasteiger partial charge in [0.2, 0.25) is 5.91 Å². The fraction of sp³-hybridized carbons (Fsp3) is 0.591. The van der Waals surface area contributed by atoms with E-state index in [4.69, 9.17) is 0 Å². The minimum Gasteiger partial charge on any atom is -0.373 e. The summed E-state index contributed by atoms with van der Waals surface area (Å²) in [5.74, 6) is 1.34. The SMILES string of the molecule is CC/C=C/c1ccc2c(c1)CN(CCC(C)C)C(=O)[C@H](CC(C)C)N2. The number of carbonyl (C=O) groups excluding carboxylic acids is 1. The van der Waals surface area contributed by atoms with Gasteiger partial charge in [0.05, 0.1) is 0 Å². The molecular weight excluding hydrogens is 308 g/mol. The first-order valence-electron chi connectivity index (χ1n) is 9.75. The number of hydrogen-bond donors (Lipinski definition) is 1. The normalized spacial score (nSPS) is 18.0. The fourth-order valence-corrected chi connectivity index (χ4v) is 3.23. The summed E-state index contributed by atoms with van der Waals surface area (Å²) in [4.78, 5) is 15.1. The largest absolute Gasteiger partial charge is 0.373 e. The summed E-state index contributed by atoms with van der Waals surface area (Å²) in [6.45, 7) is 12.5. The zero-order chi connectivity index (χ0) is 18.4. The van der Waals surface area contributed by atoms with Gasteiger partial charge in [-0.05, 0) is 54.4 Å². The van der Waals surface area contributed by atoms with Gasteiger partial charge in [0.1, 0.15) is 6.04 Å². The maximum absolute atomic E-state index is 13.1. The van der Waals surface area contributed by atoms with Gasteiger partial charge in [0.25, 0.3) is 0 Å². The van der Waals surface area contributed by atoms with E-state index in [-0.39, 0.29) is 11.9 Å². The summed E-state index contributed by atoms with van der Waals surface area (Å²) in [5, 5.41) is 3.53. The van der Waals surface area contributed by atoms with Crippen molar-refractivity contribution in [3.05, 3.63) is 35.4 Å². The zero-order valence-corrected chi connectivity index (χ0v) is 16.5. The highest BCUT2D eigenvalue weighted by Crippen LogP contribution is 2.27. The van der Waals surface area contributed by atoms with Gasteiger partial charge in [0.15, 0.2) is 0 Å². The topological polar surface area (TPSA) is 32.3 Å². The molecular formula is C22H34N2O. The third kappa shape index (κ3) is 5.62. The summed E-state index contributed by atoms with van der Waals surface area (Å²) < 4.78 is 0. The minimum absolute atomic E-state index is 0.120. The van der Waals surface area contributed by atoms with E-state index in [1.807, 2.05) is 0 Å². The second-order valence-corrected chi connectivity index (χ2v) is 8.00. The first kappa shape index (κ1) is 19.6. The first-order valence-corrected chi connectivity index (χ1v) is 9.75. The van der Waals surface area contributed by atoms with Crippen LogP contribution in [0.5, 0.6) is 0 Å². The summed E-state index contributed by atoms with van der Waals surface area (Å²) in [6.07, 6.45) is 7.29. The van der Waals surface area contributed by atoms with Crippen molar-refractivity contribution >= 4 is 17.7 Å². The number of rotatable bonds is 7. The Labute approximate surface area is 153 Å². The van der Waals surface area contributed by atoms with E-state index in [9.17, 15) is 4.79 Å². The number of nitrogens with one attached hydrogen (secondary N) is 1. The van der Waals surface area contributed by atoms with E-state index in [2.05, 4.69) is 75.2 Å². The molecule has 1 aromatic carbocycles. The maximum Gasteiger partial charge on any atom is 0.245 e. The van der Waals surface area contributed by atoms with Gasteiger partial charge in [-0.3, -0.25) is 4.79 Å². The predicted octanol–water partition coefficient (Wildman–Crippen LogP) is 5.32. The van der Waals surface area contributed by atoms with Crippen molar-refractivity contribution in [3.63, 3.8) is 0 Å². The number of anilines is 1. The van der Waals surface area contributed by atoms with Crippen LogP contribution >= 0.6 is 0 Å². The van der Waals surface area contributed by atoms with Crippen LogP contribution in [0.25, 0.3) is 6.08 Å². The molecule has 3 heteroatoms. The molecule has 1 aliphatic heterocycles. The van der Waals surface area contributed by atoms with E-state index in [1.165, 1.54) is 11.1 Å². The van der Waals surface area contributed by atoms with Crippen LogP contribution in [0.2, 0.25) is 0 Å². The highest BCUT2D eigenvalue weighted by Gasteiger charge is 2.29. The van der Waals surface area contributed by atoms with Crippen molar-refractivity contribution < 1.29 is 4.79 Å². The highest BCUT2D eigenvalue weighted by molar-refractivity contribution is 5.86. The molecule has 138 valence electrons. The Hall–Kier alpha value is -1.77. The van der Waals surface area contributed by atoms with Crippen molar-refractivity contribution in [1.29, 1.82) is 0 Å². The lowest BCUT2D eigenvalue weighted by molar-refractivity contribution is -0.132. The fourth-order valence-electron chi connectivity index (χ4n) is 3.23. The Kier molecular flexibility index (Phi) is 7.10. The molecule has 0 saturated carbocycles. The monoisotopic (exact) mass is 342 g/mol. The van der Waals surface area contributed by atoms with E-state index >= 15 is 0 Å². The van der Waals surface area contributed by atoms with Crippen LogP contribution in [-0.4, -0.2) is 23.4 Å². The second kappa shape index (κ2) is 9.07. The molecule has 2 rings (SSSR count). The average Bonchev–Trinajstić information content (AvgIpc) is 2.68. The molecule has 25 heavy (non-hydrogen) atoms. The van der Waals surface area contributed by atoms with Crippen LogP contribution in [0, 0.1) is 11.8 Å². The van der Waals surface area contributed by atoms with Gasteiger partial charge in [-0.15, -0.1) is 0 Å². The second-order valence-electron chi connectivity index (χ2n) is 8.00. The van der Waals surface area contributed by atoms with Crippen molar-refractivity contribution in [2.75, 3.05) is 11.9 Å². The van der Waals surface area contributed by atoms with Crippen LogP contribution in [0.1, 0.15) is 65.0 Å². The van der Waals surface area contributed by atoms with Gasteiger partial charge in [-0.2, -0.15) is 0 Å². The van der Waals surface area contributed by atoms with E-state index in [1.54, 1.807) is 0 Å². The molecule has 0 fully saturated rings. The van der Waals surface area contributed by atoms with E-state index in [0.717, 1.165) is 31.5 Å². The molecule has 0 aromatic heterocycles. The van der Waals surface area contributed by atoms with Crippen LogP contribution in [0.4, 0.5) is 5.69 Å². The number of hydrogen-bond acceptors (Lipinski definition) is 2. The predicted molar refractivity (Wildman–Crippen MR) is 108 cm³/mol. The number of nitrogens with zero attached hydrogens (tertiary/aromatic N) is 1. The Morgan fingerprint density at radius 2 is 2.00 bits per heavy atom. The molecule has 1 aromatic rings. The molecule has 0 radical (unpaired) electrons. The number of benzene rings is 1. The molecule has 0 spiro atoms. The van der Waals surface area contributed by atoms with E-state index in [0.29, 0.717) is 18.4 Å². The van der Waals surface area contributed by atoms with Gasteiger partial charge >= 0.3 is 0 Å². The Balaban J connectivity index is 2.30. The first-order chi connectivity index (χ1) is 11.9. The molecule has 3 nitrogen and oxygen atoms in total. The molecule has 0 saturated heterocycles. The molecule has 1 amide bonds. The van der Waals surface area contributed by atoms with Gasteiger partial charge in [-0.25, -0.2) is 0 Å². The third-order valence-corrected chi connectivity index (χ3v) is 4.66. The van der Waals surface area contributed by atoms with Crippen LogP contribution < -0.4 is 5.32 Å². The molecule has 0 bridgehead atoms. The number of allylic oxidation sites excluding steroid dienone is 1. The molecule has 1 heterocycles. The Bertz CT molecular complexity index is 604. The quantitative estimate of drug-likeness (QED) is 0.727. The standard InChI is InChI=1S/C22H34N2O/c1-6-7-8-18-9-10-20-19(14-18)15-24(12-11-16(2)3)22(25)21(23-20)13-17(4)5/h7-10,14,16-17,21,23H,6,11-13,15H2,1-5H3/b8-7+/t21-/m0/s1. The highest BCUT2D eigenvalue weighted by atomic mass is 16.2. The number of fused-ring (bicyclic) bond motifs is 1. The lowest BCUT2D eigenvalue weighted by Gasteiger charge is -2.26. The lowest BCUT2D eigenvalue weighted by Crippen LogP contribution is -2.41. The maximum atomic E-state index is 13.1. The summed E-state index contributed by atoms with van der Waals surface area (Å²) in [7, 11) is 0. The molecule has 1 aliphatic rings. The zero-order valence-electron chi connectivity index (χ0n) is 16.5. The summed E-state index contributed by atoms with van der Waals surface area (Å²) in [5.41, 5.74) is 3.54.